The van der Waals surface area contributed by atoms with Crippen LogP contribution in [0.15, 0.2) is 66.7 Å². The van der Waals surface area contributed by atoms with Crippen molar-refractivity contribution >= 4 is 16.7 Å². The summed E-state index contributed by atoms with van der Waals surface area (Å²) < 4.78 is 5.20. The first kappa shape index (κ1) is 17.0. The molecule has 0 unspecified atom stereocenters. The number of aliphatic hydroxyl groups is 1. The second-order valence-electron chi connectivity index (χ2n) is 5.83. The molecule has 0 heterocycles. The van der Waals surface area contributed by atoms with Crippen LogP contribution in [0.1, 0.15) is 28.4 Å². The first-order valence-electron chi connectivity index (χ1n) is 8.27. The van der Waals surface area contributed by atoms with Gasteiger partial charge in [0, 0.05) is 6.54 Å². The van der Waals surface area contributed by atoms with Crippen molar-refractivity contribution in [2.24, 2.45) is 0 Å². The molecular weight excluding hydrogens is 314 g/mol. The smallest absolute Gasteiger partial charge is 0.255 e. The van der Waals surface area contributed by atoms with Crippen molar-refractivity contribution in [2.45, 2.75) is 12.5 Å². The molecule has 4 nitrogen and oxygen atoms in total. The van der Waals surface area contributed by atoms with Gasteiger partial charge in [-0.3, -0.25) is 4.79 Å². The van der Waals surface area contributed by atoms with Crippen molar-refractivity contribution in [3.8, 4) is 5.75 Å². The summed E-state index contributed by atoms with van der Waals surface area (Å²) in [5, 5.41) is 15.5. The second-order valence-corrected chi connectivity index (χ2v) is 5.83. The maximum absolute atomic E-state index is 12.3. The van der Waals surface area contributed by atoms with Crippen LogP contribution in [0.4, 0.5) is 0 Å². The van der Waals surface area contributed by atoms with Crippen LogP contribution in [0.3, 0.4) is 0 Å². The summed E-state index contributed by atoms with van der Waals surface area (Å²) in [6.07, 6.45) is -0.196. The number of carbonyl (C=O) groups is 1. The van der Waals surface area contributed by atoms with Crippen molar-refractivity contribution in [3.63, 3.8) is 0 Å². The lowest BCUT2D eigenvalue weighted by Crippen LogP contribution is -2.26. The van der Waals surface area contributed by atoms with E-state index in [4.69, 9.17) is 4.74 Å². The summed E-state index contributed by atoms with van der Waals surface area (Å²) in [6.45, 7) is 0.376. The second kappa shape index (κ2) is 7.81. The molecule has 0 radical (unpaired) electrons. The van der Waals surface area contributed by atoms with E-state index in [9.17, 15) is 9.90 Å². The lowest BCUT2D eigenvalue weighted by atomic mass is 9.99. The van der Waals surface area contributed by atoms with Gasteiger partial charge in [-0.05, 0) is 34.9 Å². The molecule has 3 rings (SSSR count). The fourth-order valence-corrected chi connectivity index (χ4v) is 2.95. The molecule has 4 heteroatoms. The number of nitrogens with one attached hydrogen (secondary N) is 1. The van der Waals surface area contributed by atoms with Gasteiger partial charge in [0.25, 0.3) is 5.91 Å². The number of para-hydroxylation sites is 1. The highest BCUT2D eigenvalue weighted by Gasteiger charge is 2.14. The Morgan fingerprint density at radius 2 is 1.76 bits per heavy atom. The zero-order valence-corrected chi connectivity index (χ0v) is 14.1. The molecule has 3 aromatic carbocycles. The molecule has 25 heavy (non-hydrogen) atoms. The highest BCUT2D eigenvalue weighted by atomic mass is 16.5. The molecule has 1 amide bonds. The minimum Gasteiger partial charge on any atom is -0.496 e. The average molecular weight is 335 g/mol. The van der Waals surface area contributed by atoms with Gasteiger partial charge in [0.1, 0.15) is 5.75 Å². The molecule has 0 saturated carbocycles. The van der Waals surface area contributed by atoms with E-state index >= 15 is 0 Å². The number of carbonyl (C=O) groups excluding carboxylic acids is 1. The molecule has 0 bridgehead atoms. The molecule has 128 valence electrons. The van der Waals surface area contributed by atoms with E-state index in [0.29, 0.717) is 24.3 Å². The molecule has 0 aliphatic rings. The SMILES string of the molecule is COc1ccccc1C(=O)NCC[C@H](O)c1cccc2ccccc12. The first-order valence-corrected chi connectivity index (χ1v) is 8.27. The normalized spacial score (nSPS) is 11.9. The summed E-state index contributed by atoms with van der Waals surface area (Å²) in [6, 6.07) is 20.9. The molecule has 3 aromatic rings. The zero-order valence-electron chi connectivity index (χ0n) is 14.1. The maximum Gasteiger partial charge on any atom is 0.255 e. The number of ether oxygens (including phenoxy) is 1. The third kappa shape index (κ3) is 3.80. The Kier molecular flexibility index (Phi) is 5.31. The molecule has 0 aliphatic carbocycles. The summed E-state index contributed by atoms with van der Waals surface area (Å²) in [5.41, 5.74) is 1.37. The van der Waals surface area contributed by atoms with E-state index in [2.05, 4.69) is 5.32 Å². The third-order valence-corrected chi connectivity index (χ3v) is 4.24. The van der Waals surface area contributed by atoms with Crippen LogP contribution in [0.25, 0.3) is 10.8 Å². The molecule has 0 aliphatic heterocycles. The van der Waals surface area contributed by atoms with Crippen LogP contribution in [-0.4, -0.2) is 24.7 Å². The Bertz CT molecular complexity index is 870. The average Bonchev–Trinajstić information content (AvgIpc) is 2.67. The van der Waals surface area contributed by atoms with Gasteiger partial charge in [0.05, 0.1) is 18.8 Å². The quantitative estimate of drug-likeness (QED) is 0.722. The van der Waals surface area contributed by atoms with Crippen LogP contribution in [0.2, 0.25) is 0 Å². The summed E-state index contributed by atoms with van der Waals surface area (Å²) in [4.78, 5) is 12.3. The number of methoxy groups -OCH3 is 1. The number of rotatable bonds is 6. The Labute approximate surface area is 147 Å². The van der Waals surface area contributed by atoms with E-state index in [1.165, 1.54) is 7.11 Å². The fraction of sp³-hybridized carbons (Fsp3) is 0.190. The molecule has 0 fully saturated rings. The molecular formula is C21H21NO3. The number of hydrogen-bond acceptors (Lipinski definition) is 3. The van der Waals surface area contributed by atoms with Gasteiger partial charge >= 0.3 is 0 Å². The molecule has 1 atom stereocenters. The molecule has 0 aromatic heterocycles. The zero-order chi connectivity index (χ0) is 17.6. The van der Waals surface area contributed by atoms with Crippen LogP contribution >= 0.6 is 0 Å². The monoisotopic (exact) mass is 335 g/mol. The number of aliphatic hydroxyl groups excluding tert-OH is 1. The standard InChI is InChI=1S/C21H21NO3/c1-25-20-12-5-4-10-18(20)21(24)22-14-13-19(23)17-11-6-8-15-7-2-3-9-16(15)17/h2-12,19,23H,13-14H2,1H3,(H,22,24)/t19-/m0/s1. The highest BCUT2D eigenvalue weighted by molar-refractivity contribution is 5.96. The number of fused-ring (bicyclic) bond motifs is 1. The summed E-state index contributed by atoms with van der Waals surface area (Å²) in [5.74, 6) is 0.331. The van der Waals surface area contributed by atoms with Crippen LogP contribution < -0.4 is 10.1 Å². The Morgan fingerprint density at radius 1 is 1.04 bits per heavy atom. The van der Waals surface area contributed by atoms with Gasteiger partial charge in [0.15, 0.2) is 0 Å². The first-order chi connectivity index (χ1) is 12.2. The maximum atomic E-state index is 12.3. The lowest BCUT2D eigenvalue weighted by molar-refractivity contribution is 0.0940. The van der Waals surface area contributed by atoms with Crippen molar-refractivity contribution in [1.82, 2.24) is 5.32 Å². The van der Waals surface area contributed by atoms with Crippen molar-refractivity contribution < 1.29 is 14.6 Å². The van der Waals surface area contributed by atoms with Crippen LogP contribution in [-0.2, 0) is 0 Å². The van der Waals surface area contributed by atoms with E-state index in [0.717, 1.165) is 16.3 Å². The molecule has 0 spiro atoms. The minimum atomic E-state index is -0.635. The van der Waals surface area contributed by atoms with Crippen molar-refractivity contribution in [2.75, 3.05) is 13.7 Å². The molecule has 2 N–H and O–H groups in total. The Hall–Kier alpha value is -2.85. The van der Waals surface area contributed by atoms with E-state index < -0.39 is 6.10 Å². The summed E-state index contributed by atoms with van der Waals surface area (Å²) >= 11 is 0. The predicted molar refractivity (Wildman–Crippen MR) is 98.9 cm³/mol. The van der Waals surface area contributed by atoms with Crippen LogP contribution in [0.5, 0.6) is 5.75 Å². The number of hydrogen-bond donors (Lipinski definition) is 2. The number of amides is 1. The predicted octanol–water partition coefficient (Wildman–Crippen LogP) is 3.70. The third-order valence-electron chi connectivity index (χ3n) is 4.24. The molecule has 0 saturated heterocycles. The number of benzene rings is 3. The summed E-state index contributed by atoms with van der Waals surface area (Å²) in [7, 11) is 1.54. The minimum absolute atomic E-state index is 0.206. The Balaban J connectivity index is 1.64. The fourth-order valence-electron chi connectivity index (χ4n) is 2.95. The van der Waals surface area contributed by atoms with Crippen molar-refractivity contribution in [1.29, 1.82) is 0 Å². The van der Waals surface area contributed by atoms with Gasteiger partial charge < -0.3 is 15.2 Å². The Morgan fingerprint density at radius 3 is 2.60 bits per heavy atom. The van der Waals surface area contributed by atoms with Crippen LogP contribution in [0, 0.1) is 0 Å². The largest absolute Gasteiger partial charge is 0.496 e. The van der Waals surface area contributed by atoms with Gasteiger partial charge in [-0.1, -0.05) is 54.6 Å². The highest BCUT2D eigenvalue weighted by Crippen LogP contribution is 2.26. The van der Waals surface area contributed by atoms with E-state index in [1.54, 1.807) is 18.2 Å². The van der Waals surface area contributed by atoms with E-state index in [-0.39, 0.29) is 5.91 Å². The topological polar surface area (TPSA) is 58.6 Å². The van der Waals surface area contributed by atoms with Crippen molar-refractivity contribution in [3.05, 3.63) is 77.9 Å². The lowest BCUT2D eigenvalue weighted by Gasteiger charge is -2.15. The van der Waals surface area contributed by atoms with Gasteiger partial charge in [-0.2, -0.15) is 0 Å². The van der Waals surface area contributed by atoms with Gasteiger partial charge in [-0.25, -0.2) is 0 Å². The van der Waals surface area contributed by atoms with E-state index in [1.807, 2.05) is 48.5 Å². The van der Waals surface area contributed by atoms with Gasteiger partial charge in [-0.15, -0.1) is 0 Å². The van der Waals surface area contributed by atoms with Gasteiger partial charge in [0.2, 0.25) is 0 Å².